The van der Waals surface area contributed by atoms with E-state index in [1.807, 2.05) is 0 Å². The first-order valence-corrected chi connectivity index (χ1v) is 4.73. The molecule has 4 N–H and O–H groups in total. The van der Waals surface area contributed by atoms with Crippen molar-refractivity contribution in [1.82, 2.24) is 0 Å². The minimum Gasteiger partial charge on any atom is -0.399 e. The van der Waals surface area contributed by atoms with Gasteiger partial charge in [0.1, 0.15) is 4.83 Å². The van der Waals surface area contributed by atoms with Gasteiger partial charge in [0.25, 0.3) is 0 Å². The van der Waals surface area contributed by atoms with Crippen molar-refractivity contribution in [3.63, 3.8) is 0 Å². The Morgan fingerprint density at radius 2 is 2.00 bits per heavy atom. The Morgan fingerprint density at radius 3 is 2.50 bits per heavy atom. The molecule has 12 heavy (non-hydrogen) atoms. The quantitative estimate of drug-likeness (QED) is 0.671. The molecule has 2 nitrogen and oxygen atoms in total. The molecule has 0 saturated heterocycles. The monoisotopic (exact) mass is 302 g/mol. The van der Waals surface area contributed by atoms with E-state index in [9.17, 15) is 8.78 Å². The molecule has 1 aliphatic carbocycles. The predicted molar refractivity (Wildman–Crippen MR) is 50.1 cm³/mol. The Hall–Kier alpha value is -0.100. The van der Waals surface area contributed by atoms with Gasteiger partial charge in [-0.05, 0) is 22.0 Å². The molecule has 6 heteroatoms. The van der Waals surface area contributed by atoms with E-state index >= 15 is 0 Å². The molecular weight excluding hydrogens is 298 g/mol. The molecule has 0 heterocycles. The van der Waals surface area contributed by atoms with Crippen LogP contribution in [0.1, 0.15) is 0 Å². The molecule has 0 aromatic rings. The Balaban J connectivity index is 3.16. The van der Waals surface area contributed by atoms with E-state index in [4.69, 9.17) is 11.5 Å². The van der Waals surface area contributed by atoms with E-state index in [2.05, 4.69) is 31.9 Å². The molecule has 0 radical (unpaired) electrons. The van der Waals surface area contributed by atoms with Crippen molar-refractivity contribution in [2.75, 3.05) is 0 Å². The predicted octanol–water partition coefficient (Wildman–Crippen LogP) is 1.81. The molecule has 0 amide bonds. The molecule has 68 valence electrons. The summed E-state index contributed by atoms with van der Waals surface area (Å²) >= 11 is 5.45. The van der Waals surface area contributed by atoms with Crippen LogP contribution in [0.3, 0.4) is 0 Å². The van der Waals surface area contributed by atoms with Crippen LogP contribution < -0.4 is 11.5 Å². The van der Waals surface area contributed by atoms with Crippen molar-refractivity contribution in [2.24, 2.45) is 11.5 Å². The van der Waals surface area contributed by atoms with Gasteiger partial charge in [-0.2, -0.15) is 0 Å². The Labute approximate surface area is 84.9 Å². The summed E-state index contributed by atoms with van der Waals surface area (Å²) in [6, 6.07) is 0. The van der Waals surface area contributed by atoms with Crippen molar-refractivity contribution >= 4 is 31.9 Å². The van der Waals surface area contributed by atoms with Crippen molar-refractivity contribution in [3.8, 4) is 0 Å². The Kier molecular flexibility index (Phi) is 2.49. The van der Waals surface area contributed by atoms with Gasteiger partial charge in [0.15, 0.2) is 5.83 Å². The molecule has 1 rings (SSSR count). The Bertz CT molecular complexity index is 273. The lowest BCUT2D eigenvalue weighted by Crippen LogP contribution is -2.37. The second-order valence-corrected chi connectivity index (χ2v) is 4.46. The maximum atomic E-state index is 13.3. The zero-order chi connectivity index (χ0) is 9.52. The lowest BCUT2D eigenvalue weighted by Gasteiger charge is -2.27. The molecular formula is C6H6Br2F2N2. The standard InChI is InChI=1S/C6H6Br2F2N2/c7-5-4(12)2(11)1-3(9)6(5,8)10/h1,5H,11-12H2. The van der Waals surface area contributed by atoms with Crippen LogP contribution in [0.25, 0.3) is 0 Å². The average molecular weight is 304 g/mol. The third kappa shape index (κ3) is 1.37. The zero-order valence-electron chi connectivity index (χ0n) is 5.82. The minimum atomic E-state index is -2.29. The van der Waals surface area contributed by atoms with Crippen LogP contribution in [0.4, 0.5) is 8.78 Å². The summed E-state index contributed by atoms with van der Waals surface area (Å²) in [5.74, 6) is -0.990. The topological polar surface area (TPSA) is 52.0 Å². The number of hydrogen-bond donors (Lipinski definition) is 2. The van der Waals surface area contributed by atoms with Crippen molar-refractivity contribution in [3.05, 3.63) is 23.3 Å². The largest absolute Gasteiger partial charge is 0.399 e. The van der Waals surface area contributed by atoms with Crippen LogP contribution in [-0.2, 0) is 0 Å². The van der Waals surface area contributed by atoms with Gasteiger partial charge in [0.2, 0.25) is 4.58 Å². The van der Waals surface area contributed by atoms with Crippen LogP contribution in [0.15, 0.2) is 23.3 Å². The number of halogens is 4. The second kappa shape index (κ2) is 2.99. The number of nitrogens with two attached hydrogens (primary N) is 2. The van der Waals surface area contributed by atoms with Gasteiger partial charge in [-0.3, -0.25) is 0 Å². The van der Waals surface area contributed by atoms with Crippen molar-refractivity contribution in [1.29, 1.82) is 0 Å². The highest BCUT2D eigenvalue weighted by Crippen LogP contribution is 2.43. The fraction of sp³-hybridized carbons (Fsp3) is 0.333. The number of alkyl halides is 3. The molecule has 2 atom stereocenters. The van der Waals surface area contributed by atoms with E-state index in [-0.39, 0.29) is 11.4 Å². The van der Waals surface area contributed by atoms with Gasteiger partial charge >= 0.3 is 0 Å². The fourth-order valence-electron chi connectivity index (χ4n) is 0.779. The summed E-state index contributed by atoms with van der Waals surface area (Å²) in [4.78, 5) is -0.977. The molecule has 0 bridgehead atoms. The lowest BCUT2D eigenvalue weighted by molar-refractivity contribution is 0.296. The molecule has 0 spiro atoms. The van der Waals surface area contributed by atoms with E-state index in [1.165, 1.54) is 0 Å². The van der Waals surface area contributed by atoms with Gasteiger partial charge in [0, 0.05) is 0 Å². The zero-order valence-corrected chi connectivity index (χ0v) is 8.99. The van der Waals surface area contributed by atoms with Crippen LogP contribution in [0, 0.1) is 0 Å². The Morgan fingerprint density at radius 1 is 1.50 bits per heavy atom. The van der Waals surface area contributed by atoms with Gasteiger partial charge in [-0.25, -0.2) is 8.78 Å². The highest BCUT2D eigenvalue weighted by molar-refractivity contribution is 9.12. The summed E-state index contributed by atoms with van der Waals surface area (Å²) in [6.45, 7) is 0. The van der Waals surface area contributed by atoms with Gasteiger partial charge in [-0.15, -0.1) is 0 Å². The third-order valence-corrected chi connectivity index (χ3v) is 4.10. The highest BCUT2D eigenvalue weighted by Gasteiger charge is 2.44. The number of hydrogen-bond acceptors (Lipinski definition) is 2. The number of rotatable bonds is 0. The fourth-order valence-corrected chi connectivity index (χ4v) is 1.62. The first kappa shape index (κ1) is 9.98. The lowest BCUT2D eigenvalue weighted by atomic mass is 10.1. The molecule has 2 unspecified atom stereocenters. The van der Waals surface area contributed by atoms with E-state index in [0.717, 1.165) is 6.08 Å². The van der Waals surface area contributed by atoms with Crippen molar-refractivity contribution < 1.29 is 8.78 Å². The normalized spacial score (nSPS) is 36.7. The summed E-state index contributed by atoms with van der Waals surface area (Å²) in [5, 5.41) is 0. The van der Waals surface area contributed by atoms with Gasteiger partial charge < -0.3 is 11.5 Å². The van der Waals surface area contributed by atoms with Crippen LogP contribution in [-0.4, -0.2) is 9.41 Å². The average Bonchev–Trinajstić information content (AvgIpc) is 1.99. The maximum absolute atomic E-state index is 13.3. The minimum absolute atomic E-state index is 0.0436. The summed E-state index contributed by atoms with van der Waals surface area (Å²) in [5.41, 5.74) is 10.8. The SMILES string of the molecule is NC1=C(N)C(Br)C(F)(Br)C(F)=C1. The van der Waals surface area contributed by atoms with Crippen LogP contribution in [0.2, 0.25) is 0 Å². The molecule has 0 fully saturated rings. The molecule has 0 saturated carbocycles. The van der Waals surface area contributed by atoms with Crippen LogP contribution in [0.5, 0.6) is 0 Å². The van der Waals surface area contributed by atoms with E-state index in [1.54, 1.807) is 0 Å². The molecule has 0 aromatic heterocycles. The third-order valence-electron chi connectivity index (χ3n) is 1.53. The summed E-state index contributed by atoms with van der Waals surface area (Å²) in [7, 11) is 0. The molecule has 0 aliphatic heterocycles. The van der Waals surface area contributed by atoms with Crippen LogP contribution >= 0.6 is 31.9 Å². The second-order valence-electron chi connectivity index (χ2n) is 2.39. The smallest absolute Gasteiger partial charge is 0.233 e. The molecule has 1 aliphatic rings. The van der Waals surface area contributed by atoms with Gasteiger partial charge in [-0.1, -0.05) is 15.9 Å². The van der Waals surface area contributed by atoms with E-state index < -0.39 is 15.2 Å². The van der Waals surface area contributed by atoms with Gasteiger partial charge in [0.05, 0.1) is 11.4 Å². The van der Waals surface area contributed by atoms with E-state index in [0.29, 0.717) is 0 Å². The molecule has 0 aromatic carbocycles. The summed E-state index contributed by atoms with van der Waals surface area (Å²) in [6.07, 6.45) is 0.863. The number of allylic oxidation sites excluding steroid dienone is 3. The first-order valence-electron chi connectivity index (χ1n) is 3.02. The highest BCUT2D eigenvalue weighted by atomic mass is 79.9. The van der Waals surface area contributed by atoms with Crippen molar-refractivity contribution in [2.45, 2.75) is 9.41 Å². The maximum Gasteiger partial charge on any atom is 0.233 e. The first-order chi connectivity index (χ1) is 5.37. The summed E-state index contributed by atoms with van der Waals surface area (Å²) < 4.78 is 23.9.